The summed E-state index contributed by atoms with van der Waals surface area (Å²) in [4.78, 5) is 16.0. The number of hydrogen-bond donors (Lipinski definition) is 2. The zero-order chi connectivity index (χ0) is 15.9. The second-order valence-electron chi connectivity index (χ2n) is 5.01. The van der Waals surface area contributed by atoms with E-state index in [4.69, 9.17) is 4.74 Å². The molecule has 5 nitrogen and oxygen atoms in total. The van der Waals surface area contributed by atoms with Gasteiger partial charge in [0.2, 0.25) is 0 Å². The Kier molecular flexibility index (Phi) is 5.36. The average Bonchev–Trinajstić information content (AvgIpc) is 2.51. The molecule has 2 N–H and O–H groups in total. The van der Waals surface area contributed by atoms with Gasteiger partial charge in [0.25, 0.3) is 0 Å². The van der Waals surface area contributed by atoms with Gasteiger partial charge >= 0.3 is 6.03 Å². The Balaban J connectivity index is 1.98. The number of nitrogens with one attached hydrogen (secondary N) is 2. The molecule has 0 bridgehead atoms. The zero-order valence-corrected chi connectivity index (χ0v) is 13.1. The minimum atomic E-state index is -0.254. The third kappa shape index (κ3) is 4.22. The number of urea groups is 1. The predicted molar refractivity (Wildman–Crippen MR) is 87.2 cm³/mol. The first-order valence-electron chi connectivity index (χ1n) is 7.31. The monoisotopic (exact) mass is 299 g/mol. The van der Waals surface area contributed by atoms with Gasteiger partial charge in [0.1, 0.15) is 5.75 Å². The molecule has 0 radical (unpaired) electrons. The Morgan fingerprint density at radius 2 is 2.00 bits per heavy atom. The maximum absolute atomic E-state index is 12.1. The van der Waals surface area contributed by atoms with Crippen molar-refractivity contribution in [2.24, 2.45) is 0 Å². The van der Waals surface area contributed by atoms with Crippen LogP contribution in [0.1, 0.15) is 31.0 Å². The number of hydrogen-bond acceptors (Lipinski definition) is 3. The van der Waals surface area contributed by atoms with Gasteiger partial charge in [-0.2, -0.15) is 0 Å². The van der Waals surface area contributed by atoms with E-state index in [1.165, 1.54) is 0 Å². The molecule has 1 aromatic carbocycles. The Bertz CT molecular complexity index is 629. The third-order valence-corrected chi connectivity index (χ3v) is 3.30. The quantitative estimate of drug-likeness (QED) is 0.885. The molecule has 1 atom stereocenters. The molecular weight excluding hydrogens is 278 g/mol. The maximum Gasteiger partial charge on any atom is 0.319 e. The summed E-state index contributed by atoms with van der Waals surface area (Å²) in [6.45, 7) is 6.42. The van der Waals surface area contributed by atoms with Crippen molar-refractivity contribution in [3.05, 3.63) is 53.9 Å². The summed E-state index contributed by atoms with van der Waals surface area (Å²) in [5.74, 6) is 0.780. The molecule has 0 unspecified atom stereocenters. The van der Waals surface area contributed by atoms with E-state index in [0.717, 1.165) is 16.9 Å². The van der Waals surface area contributed by atoms with Gasteiger partial charge in [0, 0.05) is 24.1 Å². The number of rotatable bonds is 5. The molecule has 1 heterocycles. The van der Waals surface area contributed by atoms with Crippen LogP contribution in [0.3, 0.4) is 0 Å². The van der Waals surface area contributed by atoms with E-state index in [-0.39, 0.29) is 12.1 Å². The lowest BCUT2D eigenvalue weighted by atomic mass is 10.1. The van der Waals surface area contributed by atoms with Crippen molar-refractivity contribution in [3.8, 4) is 5.75 Å². The van der Waals surface area contributed by atoms with Gasteiger partial charge in [0.15, 0.2) is 0 Å². The second-order valence-corrected chi connectivity index (χ2v) is 5.01. The van der Waals surface area contributed by atoms with Gasteiger partial charge in [-0.05, 0) is 50.1 Å². The Morgan fingerprint density at radius 1 is 1.27 bits per heavy atom. The molecule has 0 saturated heterocycles. The number of anilines is 1. The highest BCUT2D eigenvalue weighted by atomic mass is 16.5. The van der Waals surface area contributed by atoms with Crippen molar-refractivity contribution in [3.63, 3.8) is 0 Å². The Morgan fingerprint density at radius 3 is 2.68 bits per heavy atom. The molecule has 0 aliphatic heterocycles. The lowest BCUT2D eigenvalue weighted by Crippen LogP contribution is -2.31. The number of nitrogens with zero attached hydrogens (tertiary/aromatic N) is 1. The van der Waals surface area contributed by atoms with Crippen LogP contribution in [0.25, 0.3) is 0 Å². The van der Waals surface area contributed by atoms with E-state index < -0.39 is 0 Å². The summed E-state index contributed by atoms with van der Waals surface area (Å²) >= 11 is 0. The fraction of sp³-hybridized carbons (Fsp3) is 0.294. The number of ether oxygens (including phenoxy) is 1. The number of carbonyl (C=O) groups excluding carboxylic acids is 1. The lowest BCUT2D eigenvalue weighted by molar-refractivity contribution is 0.249. The van der Waals surface area contributed by atoms with Crippen molar-refractivity contribution in [2.75, 3.05) is 11.9 Å². The van der Waals surface area contributed by atoms with Gasteiger partial charge in [-0.3, -0.25) is 4.98 Å². The topological polar surface area (TPSA) is 63.2 Å². The maximum atomic E-state index is 12.1. The van der Waals surface area contributed by atoms with Crippen LogP contribution in [0.15, 0.2) is 42.7 Å². The number of aryl methyl sites for hydroxylation is 1. The summed E-state index contributed by atoms with van der Waals surface area (Å²) in [6.07, 6.45) is 3.42. The number of aromatic nitrogens is 1. The minimum Gasteiger partial charge on any atom is -0.494 e. The molecule has 2 rings (SSSR count). The van der Waals surface area contributed by atoms with Crippen LogP contribution in [0.4, 0.5) is 10.5 Å². The van der Waals surface area contributed by atoms with Gasteiger partial charge in [-0.15, -0.1) is 0 Å². The molecule has 1 aromatic heterocycles. The van der Waals surface area contributed by atoms with Gasteiger partial charge < -0.3 is 15.4 Å². The standard InChI is InChI=1S/C17H21N3O2/c1-4-22-16-11-15(6-5-12(16)2)20-17(21)19-13(3)14-7-9-18-10-8-14/h5-11,13H,4H2,1-3H3,(H2,19,20,21)/t13-/m0/s1. The summed E-state index contributed by atoms with van der Waals surface area (Å²) in [5.41, 5.74) is 2.75. The summed E-state index contributed by atoms with van der Waals surface area (Å²) < 4.78 is 5.53. The summed E-state index contributed by atoms with van der Waals surface area (Å²) in [7, 11) is 0. The molecule has 5 heteroatoms. The van der Waals surface area contributed by atoms with Gasteiger partial charge in [-0.1, -0.05) is 6.07 Å². The van der Waals surface area contributed by atoms with Crippen molar-refractivity contribution in [1.82, 2.24) is 10.3 Å². The Hall–Kier alpha value is -2.56. The van der Waals surface area contributed by atoms with E-state index in [2.05, 4.69) is 15.6 Å². The zero-order valence-electron chi connectivity index (χ0n) is 13.1. The highest BCUT2D eigenvalue weighted by molar-refractivity contribution is 5.89. The van der Waals surface area contributed by atoms with Crippen LogP contribution in [0.2, 0.25) is 0 Å². The number of carbonyl (C=O) groups is 1. The fourth-order valence-corrected chi connectivity index (χ4v) is 2.09. The normalized spacial score (nSPS) is 11.6. The first-order chi connectivity index (χ1) is 10.6. The van der Waals surface area contributed by atoms with Crippen LogP contribution in [-0.2, 0) is 0 Å². The minimum absolute atomic E-state index is 0.0974. The first-order valence-corrected chi connectivity index (χ1v) is 7.31. The second kappa shape index (κ2) is 7.45. The third-order valence-electron chi connectivity index (χ3n) is 3.30. The first kappa shape index (κ1) is 15.8. The van der Waals surface area contributed by atoms with Gasteiger partial charge in [0.05, 0.1) is 12.6 Å². The summed E-state index contributed by atoms with van der Waals surface area (Å²) in [6, 6.07) is 9.01. The van der Waals surface area contributed by atoms with E-state index in [1.807, 2.05) is 51.1 Å². The fourth-order valence-electron chi connectivity index (χ4n) is 2.09. The van der Waals surface area contributed by atoms with Crippen LogP contribution >= 0.6 is 0 Å². The molecule has 2 aromatic rings. The molecular formula is C17H21N3O2. The molecule has 0 aliphatic rings. The van der Waals surface area contributed by atoms with Crippen molar-refractivity contribution < 1.29 is 9.53 Å². The van der Waals surface area contributed by atoms with E-state index >= 15 is 0 Å². The number of benzene rings is 1. The van der Waals surface area contributed by atoms with Crippen LogP contribution in [-0.4, -0.2) is 17.6 Å². The van der Waals surface area contributed by atoms with Gasteiger partial charge in [-0.25, -0.2) is 4.79 Å². The van der Waals surface area contributed by atoms with E-state index in [1.54, 1.807) is 12.4 Å². The molecule has 0 spiro atoms. The molecule has 2 amide bonds. The predicted octanol–water partition coefficient (Wildman–Crippen LogP) is 3.67. The van der Waals surface area contributed by atoms with Crippen molar-refractivity contribution in [1.29, 1.82) is 0 Å². The smallest absolute Gasteiger partial charge is 0.319 e. The average molecular weight is 299 g/mol. The summed E-state index contributed by atoms with van der Waals surface area (Å²) in [5, 5.41) is 5.72. The highest BCUT2D eigenvalue weighted by Crippen LogP contribution is 2.22. The highest BCUT2D eigenvalue weighted by Gasteiger charge is 2.10. The number of pyridine rings is 1. The molecule has 116 valence electrons. The largest absolute Gasteiger partial charge is 0.494 e. The van der Waals surface area contributed by atoms with Crippen LogP contribution in [0.5, 0.6) is 5.75 Å². The Labute approximate surface area is 130 Å². The van der Waals surface area contributed by atoms with E-state index in [0.29, 0.717) is 12.3 Å². The van der Waals surface area contributed by atoms with Crippen LogP contribution in [0, 0.1) is 6.92 Å². The molecule has 0 saturated carbocycles. The molecule has 0 aliphatic carbocycles. The van der Waals surface area contributed by atoms with Crippen molar-refractivity contribution in [2.45, 2.75) is 26.8 Å². The number of amides is 2. The SMILES string of the molecule is CCOc1cc(NC(=O)N[C@@H](C)c2ccncc2)ccc1C. The van der Waals surface area contributed by atoms with Crippen molar-refractivity contribution >= 4 is 11.7 Å². The van der Waals surface area contributed by atoms with Crippen LogP contribution < -0.4 is 15.4 Å². The molecule has 22 heavy (non-hydrogen) atoms. The lowest BCUT2D eigenvalue weighted by Gasteiger charge is -2.15. The molecule has 0 fully saturated rings. The van der Waals surface area contributed by atoms with E-state index in [9.17, 15) is 4.79 Å².